The highest BCUT2D eigenvalue weighted by atomic mass is 35.5. The van der Waals surface area contributed by atoms with Crippen LogP contribution in [0.25, 0.3) is 0 Å². The molecule has 0 saturated carbocycles. The molecular weight excluding hydrogens is 442 g/mol. The van der Waals surface area contributed by atoms with Gasteiger partial charge < -0.3 is 20.2 Å². The summed E-state index contributed by atoms with van der Waals surface area (Å²) in [5.74, 6) is 0.881. The molecule has 2 aliphatic rings. The summed E-state index contributed by atoms with van der Waals surface area (Å²) in [6.45, 7) is 2.80. The minimum absolute atomic E-state index is 0.00392. The number of carboxylic acid groups (broad SMARTS) is 1. The zero-order valence-electron chi connectivity index (χ0n) is 18.2. The van der Waals surface area contributed by atoms with Crippen LogP contribution in [-0.4, -0.2) is 59.7 Å². The number of nitrogens with zero attached hydrogens (tertiary/aromatic N) is 4. The van der Waals surface area contributed by atoms with E-state index in [2.05, 4.69) is 21.3 Å². The first-order valence-electron chi connectivity index (χ1n) is 11.1. The molecule has 4 rings (SSSR count). The number of rotatable bonds is 5. The summed E-state index contributed by atoms with van der Waals surface area (Å²) >= 11 is 6.03. The summed E-state index contributed by atoms with van der Waals surface area (Å²) in [7, 11) is 0. The second-order valence-corrected chi connectivity index (χ2v) is 9.06. The SMILES string of the molecule is N#Cc1ccnc(N2CCC(C(=O)N3C[C@H](CNC(=O)O)[C@H](c4ccc(Cl)cc4)C3)CC2)c1. The smallest absolute Gasteiger partial charge is 0.404 e. The minimum Gasteiger partial charge on any atom is -0.465 e. The zero-order chi connectivity index (χ0) is 23.4. The summed E-state index contributed by atoms with van der Waals surface area (Å²) < 4.78 is 0. The van der Waals surface area contributed by atoms with Crippen molar-refractivity contribution in [2.24, 2.45) is 11.8 Å². The molecule has 1 aromatic carbocycles. The van der Waals surface area contributed by atoms with Gasteiger partial charge in [0.15, 0.2) is 0 Å². The Morgan fingerprint density at radius 1 is 1.18 bits per heavy atom. The average Bonchev–Trinajstić information content (AvgIpc) is 3.27. The van der Waals surface area contributed by atoms with Crippen LogP contribution in [-0.2, 0) is 4.79 Å². The van der Waals surface area contributed by atoms with E-state index in [1.807, 2.05) is 29.2 Å². The molecule has 172 valence electrons. The third kappa shape index (κ3) is 5.37. The highest BCUT2D eigenvalue weighted by molar-refractivity contribution is 6.30. The Morgan fingerprint density at radius 3 is 2.58 bits per heavy atom. The lowest BCUT2D eigenvalue weighted by Crippen LogP contribution is -2.42. The number of amides is 2. The number of carbonyl (C=O) groups is 2. The van der Waals surface area contributed by atoms with Gasteiger partial charge in [-0.1, -0.05) is 23.7 Å². The Bertz CT molecular complexity index is 1050. The van der Waals surface area contributed by atoms with Crippen LogP contribution in [0.4, 0.5) is 10.6 Å². The maximum atomic E-state index is 13.3. The van der Waals surface area contributed by atoms with E-state index >= 15 is 0 Å². The maximum absolute atomic E-state index is 13.3. The molecule has 2 aromatic rings. The largest absolute Gasteiger partial charge is 0.465 e. The van der Waals surface area contributed by atoms with Gasteiger partial charge in [-0.05, 0) is 42.7 Å². The van der Waals surface area contributed by atoms with Crippen molar-refractivity contribution in [1.82, 2.24) is 15.2 Å². The van der Waals surface area contributed by atoms with Crippen LogP contribution in [0.15, 0.2) is 42.6 Å². The summed E-state index contributed by atoms with van der Waals surface area (Å²) in [5.41, 5.74) is 1.63. The first-order chi connectivity index (χ1) is 15.9. The minimum atomic E-state index is -1.06. The van der Waals surface area contributed by atoms with Crippen LogP contribution in [0, 0.1) is 23.2 Å². The third-order valence-electron chi connectivity index (χ3n) is 6.61. The topological polar surface area (TPSA) is 110 Å². The quantitative estimate of drug-likeness (QED) is 0.698. The molecule has 0 spiro atoms. The van der Waals surface area contributed by atoms with E-state index in [0.29, 0.717) is 43.3 Å². The van der Waals surface area contributed by atoms with Gasteiger partial charge >= 0.3 is 6.09 Å². The average molecular weight is 468 g/mol. The number of pyridine rings is 1. The Morgan fingerprint density at radius 2 is 1.91 bits per heavy atom. The molecule has 0 unspecified atom stereocenters. The van der Waals surface area contributed by atoms with Crippen LogP contribution in [0.3, 0.4) is 0 Å². The van der Waals surface area contributed by atoms with Crippen LogP contribution in [0.5, 0.6) is 0 Å². The molecule has 2 aliphatic heterocycles. The van der Waals surface area contributed by atoms with E-state index < -0.39 is 6.09 Å². The fraction of sp³-hybridized carbons (Fsp3) is 0.417. The van der Waals surface area contributed by atoms with Gasteiger partial charge in [0.1, 0.15) is 5.82 Å². The Hall–Kier alpha value is -3.31. The van der Waals surface area contributed by atoms with Gasteiger partial charge in [0.05, 0.1) is 11.6 Å². The monoisotopic (exact) mass is 467 g/mol. The molecular formula is C24H26ClN5O3. The molecule has 2 saturated heterocycles. The highest BCUT2D eigenvalue weighted by Crippen LogP contribution is 2.35. The molecule has 2 N–H and O–H groups in total. The molecule has 0 aliphatic carbocycles. The molecule has 8 nitrogen and oxygen atoms in total. The lowest BCUT2D eigenvalue weighted by atomic mass is 9.89. The van der Waals surface area contributed by atoms with Crippen molar-refractivity contribution in [2.75, 3.05) is 37.6 Å². The normalized spacial score (nSPS) is 21.0. The van der Waals surface area contributed by atoms with E-state index in [0.717, 1.165) is 24.2 Å². The number of piperidine rings is 1. The number of likely N-dealkylation sites (tertiary alicyclic amines) is 1. The van der Waals surface area contributed by atoms with Crippen LogP contribution in [0.1, 0.15) is 29.9 Å². The van der Waals surface area contributed by atoms with Gasteiger partial charge in [-0.3, -0.25) is 4.79 Å². The fourth-order valence-corrected chi connectivity index (χ4v) is 4.96. The van der Waals surface area contributed by atoms with Gasteiger partial charge in [-0.15, -0.1) is 0 Å². The van der Waals surface area contributed by atoms with E-state index in [9.17, 15) is 9.59 Å². The fourth-order valence-electron chi connectivity index (χ4n) is 4.84. The van der Waals surface area contributed by atoms with E-state index in [-0.39, 0.29) is 23.7 Å². The van der Waals surface area contributed by atoms with Gasteiger partial charge in [0, 0.05) is 61.7 Å². The van der Waals surface area contributed by atoms with E-state index in [1.54, 1.807) is 18.3 Å². The number of halogens is 1. The second-order valence-electron chi connectivity index (χ2n) is 8.62. The second kappa shape index (κ2) is 10.1. The van der Waals surface area contributed by atoms with Crippen molar-refractivity contribution in [3.63, 3.8) is 0 Å². The van der Waals surface area contributed by atoms with Crippen LogP contribution < -0.4 is 10.2 Å². The van der Waals surface area contributed by atoms with Crippen molar-refractivity contribution in [3.8, 4) is 6.07 Å². The van der Waals surface area contributed by atoms with Gasteiger partial charge in [-0.25, -0.2) is 9.78 Å². The molecule has 2 amide bonds. The number of aromatic nitrogens is 1. The van der Waals surface area contributed by atoms with Gasteiger partial charge in [0.25, 0.3) is 0 Å². The van der Waals surface area contributed by atoms with Crippen LogP contribution >= 0.6 is 11.6 Å². The molecule has 2 atom stereocenters. The first-order valence-corrected chi connectivity index (χ1v) is 11.4. The molecule has 0 radical (unpaired) electrons. The summed E-state index contributed by atoms with van der Waals surface area (Å²) in [6, 6.07) is 13.2. The number of hydrogen-bond acceptors (Lipinski definition) is 5. The van der Waals surface area contributed by atoms with Crippen molar-refractivity contribution < 1.29 is 14.7 Å². The Labute approximate surface area is 197 Å². The molecule has 9 heteroatoms. The van der Waals surface area contributed by atoms with E-state index in [4.69, 9.17) is 22.0 Å². The molecule has 3 heterocycles. The number of hydrogen-bond donors (Lipinski definition) is 2. The van der Waals surface area contributed by atoms with Crippen molar-refractivity contribution >= 4 is 29.4 Å². The first kappa shape index (κ1) is 22.9. The molecule has 0 bridgehead atoms. The predicted molar refractivity (Wildman–Crippen MR) is 124 cm³/mol. The lowest BCUT2D eigenvalue weighted by molar-refractivity contribution is -0.135. The lowest BCUT2D eigenvalue weighted by Gasteiger charge is -2.34. The van der Waals surface area contributed by atoms with Gasteiger partial charge in [0.2, 0.25) is 5.91 Å². The highest BCUT2D eigenvalue weighted by Gasteiger charge is 2.39. The summed E-state index contributed by atoms with van der Waals surface area (Å²) in [6.07, 6.45) is 2.02. The van der Waals surface area contributed by atoms with E-state index in [1.165, 1.54) is 0 Å². The number of nitriles is 1. The molecule has 33 heavy (non-hydrogen) atoms. The predicted octanol–water partition coefficient (Wildman–Crippen LogP) is 3.33. The van der Waals surface area contributed by atoms with Crippen molar-refractivity contribution in [1.29, 1.82) is 5.26 Å². The third-order valence-corrected chi connectivity index (χ3v) is 6.86. The number of carbonyl (C=O) groups excluding carboxylic acids is 1. The molecule has 1 aromatic heterocycles. The Kier molecular flexibility index (Phi) is 6.99. The van der Waals surface area contributed by atoms with Crippen molar-refractivity contribution in [2.45, 2.75) is 18.8 Å². The molecule has 2 fully saturated rings. The number of benzene rings is 1. The summed E-state index contributed by atoms with van der Waals surface area (Å²) in [4.78, 5) is 32.8. The van der Waals surface area contributed by atoms with Gasteiger partial charge in [-0.2, -0.15) is 5.26 Å². The van der Waals surface area contributed by atoms with Crippen molar-refractivity contribution in [3.05, 3.63) is 58.7 Å². The maximum Gasteiger partial charge on any atom is 0.404 e. The number of nitrogens with one attached hydrogen (secondary N) is 1. The number of anilines is 1. The Balaban J connectivity index is 1.40. The summed E-state index contributed by atoms with van der Waals surface area (Å²) in [5, 5.41) is 21.3. The van der Waals surface area contributed by atoms with Crippen LogP contribution in [0.2, 0.25) is 5.02 Å². The zero-order valence-corrected chi connectivity index (χ0v) is 18.9. The standard InChI is InChI=1S/C24H26ClN5O3/c25-20-3-1-17(2-4-20)21-15-30(14-19(21)13-28-24(32)33)23(31)18-6-9-29(10-7-18)22-11-16(12-26)5-8-27-22/h1-5,8,11,18-19,21,28H,6-7,9-10,13-15H2,(H,32,33)/t19-,21-/m0/s1.